The summed E-state index contributed by atoms with van der Waals surface area (Å²) in [4.78, 5) is 15.8. The molecular weight excluding hydrogens is 513 g/mol. The first kappa shape index (κ1) is 23.9. The summed E-state index contributed by atoms with van der Waals surface area (Å²) in [5.74, 6) is 1.47. The zero-order valence-electron chi connectivity index (χ0n) is 19.9. The molecule has 4 aliphatic heterocycles. The third-order valence-corrected chi connectivity index (χ3v) is 7.13. The summed E-state index contributed by atoms with van der Waals surface area (Å²) in [6.07, 6.45) is 6.19. The van der Waals surface area contributed by atoms with Crippen molar-refractivity contribution in [3.8, 4) is 5.75 Å². The number of para-hydroxylation sites is 1. The summed E-state index contributed by atoms with van der Waals surface area (Å²) in [7, 11) is 0. The van der Waals surface area contributed by atoms with Crippen LogP contribution in [0.4, 0.5) is 4.79 Å². The van der Waals surface area contributed by atoms with Gasteiger partial charge in [-0.15, -0.1) is 0 Å². The number of urea groups is 1. The van der Waals surface area contributed by atoms with Crippen LogP contribution in [-0.2, 0) is 4.74 Å². The predicted molar refractivity (Wildman–Crippen MR) is 143 cm³/mol. The molecule has 0 aromatic heterocycles. The zero-order chi connectivity index (χ0) is 25.4. The van der Waals surface area contributed by atoms with E-state index in [0.29, 0.717) is 55.2 Å². The first-order valence-corrected chi connectivity index (χ1v) is 12.9. The number of dihydropyridines is 1. The third-order valence-electron chi connectivity index (χ3n) is 6.70. The maximum atomic E-state index is 13.7. The minimum absolute atomic E-state index is 0.177. The van der Waals surface area contributed by atoms with Crippen LogP contribution in [0.15, 0.2) is 76.9 Å². The Labute approximate surface area is 224 Å². The lowest BCUT2D eigenvalue weighted by molar-refractivity contribution is 0.0397. The lowest BCUT2D eigenvalue weighted by Crippen LogP contribution is -2.49. The number of allylic oxidation sites excluding steroid dienone is 3. The first-order valence-electron chi connectivity index (χ1n) is 12.2. The molecule has 4 heterocycles. The fourth-order valence-corrected chi connectivity index (χ4v) is 5.51. The third kappa shape index (κ3) is 4.68. The van der Waals surface area contributed by atoms with E-state index in [-0.39, 0.29) is 12.1 Å². The van der Waals surface area contributed by atoms with Crippen molar-refractivity contribution in [3.63, 3.8) is 0 Å². The number of amides is 2. The molecule has 0 aliphatic carbocycles. The van der Waals surface area contributed by atoms with Gasteiger partial charge in [0.05, 0.1) is 37.8 Å². The van der Waals surface area contributed by atoms with E-state index in [2.05, 4.69) is 20.6 Å². The van der Waals surface area contributed by atoms with Gasteiger partial charge >= 0.3 is 6.03 Å². The second-order valence-corrected chi connectivity index (χ2v) is 9.87. The van der Waals surface area contributed by atoms with Gasteiger partial charge in [-0.1, -0.05) is 41.4 Å². The van der Waals surface area contributed by atoms with Gasteiger partial charge in [-0.05, 0) is 41.5 Å². The van der Waals surface area contributed by atoms with Gasteiger partial charge in [-0.2, -0.15) is 10.1 Å². The number of hydrazone groups is 1. The van der Waals surface area contributed by atoms with Gasteiger partial charge in [0.1, 0.15) is 5.75 Å². The molecule has 0 spiro atoms. The molecule has 8 nitrogen and oxygen atoms in total. The Morgan fingerprint density at radius 3 is 2.65 bits per heavy atom. The molecule has 1 saturated heterocycles. The Bertz CT molecular complexity index is 1340. The molecule has 10 heteroatoms. The highest BCUT2D eigenvalue weighted by molar-refractivity contribution is 6.35. The van der Waals surface area contributed by atoms with E-state index >= 15 is 0 Å². The molecule has 0 saturated carbocycles. The minimum Gasteiger partial charge on any atom is -0.493 e. The quantitative estimate of drug-likeness (QED) is 0.582. The first-order chi connectivity index (χ1) is 18.1. The highest BCUT2D eigenvalue weighted by Crippen LogP contribution is 2.36. The molecule has 6 rings (SSSR count). The van der Waals surface area contributed by atoms with Crippen molar-refractivity contribution in [3.05, 3.63) is 93.0 Å². The number of benzene rings is 2. The maximum Gasteiger partial charge on any atom is 0.344 e. The smallest absolute Gasteiger partial charge is 0.344 e. The molecule has 4 aliphatic rings. The number of nitrogens with zero attached hydrogens (tertiary/aromatic N) is 3. The van der Waals surface area contributed by atoms with Crippen LogP contribution < -0.4 is 15.4 Å². The highest BCUT2D eigenvalue weighted by atomic mass is 35.5. The van der Waals surface area contributed by atoms with E-state index in [1.54, 1.807) is 12.3 Å². The summed E-state index contributed by atoms with van der Waals surface area (Å²) in [6, 6.07) is 12.7. The summed E-state index contributed by atoms with van der Waals surface area (Å²) >= 11 is 12.6. The summed E-state index contributed by atoms with van der Waals surface area (Å²) in [6.45, 7) is 2.93. The Morgan fingerprint density at radius 1 is 1.05 bits per heavy atom. The van der Waals surface area contributed by atoms with Gasteiger partial charge in [-0.25, -0.2) is 4.79 Å². The van der Waals surface area contributed by atoms with Crippen LogP contribution in [-0.4, -0.2) is 55.1 Å². The molecule has 0 bridgehead atoms. The average Bonchev–Trinajstić information content (AvgIpc) is 2.92. The monoisotopic (exact) mass is 537 g/mol. The van der Waals surface area contributed by atoms with Gasteiger partial charge in [0, 0.05) is 46.9 Å². The van der Waals surface area contributed by atoms with Gasteiger partial charge in [0.15, 0.2) is 5.82 Å². The molecule has 190 valence electrons. The van der Waals surface area contributed by atoms with Crippen molar-refractivity contribution in [2.45, 2.75) is 12.5 Å². The van der Waals surface area contributed by atoms with E-state index in [1.807, 2.05) is 48.7 Å². The van der Waals surface area contributed by atoms with Crippen molar-refractivity contribution < 1.29 is 14.3 Å². The lowest BCUT2D eigenvalue weighted by atomic mass is 9.95. The van der Waals surface area contributed by atoms with Crippen LogP contribution in [0.5, 0.6) is 5.75 Å². The van der Waals surface area contributed by atoms with Crippen LogP contribution in [0.25, 0.3) is 5.57 Å². The SMILES string of the molecule is O=C(N[C@H]1CCOc2ccccc21)N1N=CC2=C(c3cc(Cl)cc(Cl)c3)C=CNC2=C1N1CCOCC1. The molecule has 2 amide bonds. The number of hydrogen-bond acceptors (Lipinski definition) is 6. The van der Waals surface area contributed by atoms with Gasteiger partial charge < -0.3 is 25.0 Å². The largest absolute Gasteiger partial charge is 0.493 e. The number of halogens is 2. The van der Waals surface area contributed by atoms with Crippen molar-refractivity contribution >= 4 is 41.0 Å². The fraction of sp³-hybridized carbons (Fsp3) is 0.259. The van der Waals surface area contributed by atoms with Crippen LogP contribution >= 0.6 is 23.2 Å². The number of ether oxygens (including phenoxy) is 2. The summed E-state index contributed by atoms with van der Waals surface area (Å²) in [5.41, 5.74) is 4.37. The molecule has 2 N–H and O–H groups in total. The second-order valence-electron chi connectivity index (χ2n) is 8.99. The van der Waals surface area contributed by atoms with Gasteiger partial charge in [0.2, 0.25) is 0 Å². The van der Waals surface area contributed by atoms with E-state index < -0.39 is 0 Å². The van der Waals surface area contributed by atoms with Crippen molar-refractivity contribution in [2.75, 3.05) is 32.9 Å². The number of hydrogen-bond donors (Lipinski definition) is 2. The Kier molecular flexibility index (Phi) is 6.54. The van der Waals surface area contributed by atoms with Crippen LogP contribution in [0.2, 0.25) is 10.0 Å². The fourth-order valence-electron chi connectivity index (χ4n) is 4.98. The highest BCUT2D eigenvalue weighted by Gasteiger charge is 2.35. The molecule has 2 aromatic carbocycles. The number of carbonyl (C=O) groups is 1. The molecule has 0 unspecified atom stereocenters. The van der Waals surface area contributed by atoms with E-state index in [4.69, 9.17) is 32.7 Å². The van der Waals surface area contributed by atoms with Crippen LogP contribution in [0, 0.1) is 0 Å². The number of carbonyl (C=O) groups excluding carboxylic acids is 1. The maximum absolute atomic E-state index is 13.7. The van der Waals surface area contributed by atoms with Gasteiger partial charge in [0.25, 0.3) is 0 Å². The Morgan fingerprint density at radius 2 is 1.84 bits per heavy atom. The molecule has 2 aromatic rings. The molecular formula is C27H25Cl2N5O3. The number of morpholine rings is 1. The molecule has 0 radical (unpaired) electrons. The van der Waals surface area contributed by atoms with Crippen LogP contribution in [0.1, 0.15) is 23.6 Å². The second kappa shape index (κ2) is 10.1. The lowest BCUT2D eigenvalue weighted by Gasteiger charge is -2.39. The number of rotatable bonds is 3. The van der Waals surface area contributed by atoms with Crippen molar-refractivity contribution in [2.24, 2.45) is 5.10 Å². The normalized spacial score (nSPS) is 20.8. The average molecular weight is 538 g/mol. The molecule has 1 fully saturated rings. The van der Waals surface area contributed by atoms with E-state index in [0.717, 1.165) is 33.7 Å². The number of fused-ring (bicyclic) bond motifs is 2. The van der Waals surface area contributed by atoms with Crippen molar-refractivity contribution in [1.82, 2.24) is 20.5 Å². The topological polar surface area (TPSA) is 78.4 Å². The standard InChI is InChI=1S/C27H25Cl2N5O3/c28-18-13-17(14-19(29)15-18)20-5-7-30-25-22(20)16-31-34(26(25)33-8-11-36-12-9-33)27(35)32-23-6-10-37-24-4-2-1-3-21(23)24/h1-5,7,13-16,23,30H,6,8-12H2,(H,32,35)/t23-/m0/s1. The van der Waals surface area contributed by atoms with E-state index in [1.165, 1.54) is 5.01 Å². The van der Waals surface area contributed by atoms with Crippen molar-refractivity contribution in [1.29, 1.82) is 0 Å². The zero-order valence-corrected chi connectivity index (χ0v) is 21.4. The van der Waals surface area contributed by atoms with Crippen LogP contribution in [0.3, 0.4) is 0 Å². The summed E-state index contributed by atoms with van der Waals surface area (Å²) in [5, 5.41) is 13.7. The summed E-state index contributed by atoms with van der Waals surface area (Å²) < 4.78 is 11.4. The number of nitrogens with one attached hydrogen (secondary N) is 2. The predicted octanol–water partition coefficient (Wildman–Crippen LogP) is 4.90. The molecule has 37 heavy (non-hydrogen) atoms. The van der Waals surface area contributed by atoms with E-state index in [9.17, 15) is 4.79 Å². The Balaban J connectivity index is 1.38. The molecule has 1 atom stereocenters. The Hall–Kier alpha value is -3.46. The minimum atomic E-state index is -0.310. The van der Waals surface area contributed by atoms with Gasteiger partial charge in [-0.3, -0.25) is 0 Å².